The fourth-order valence-corrected chi connectivity index (χ4v) is 7.15. The van der Waals surface area contributed by atoms with Gasteiger partial charge in [-0.25, -0.2) is 9.00 Å². The Balaban J connectivity index is 1.31. The lowest BCUT2D eigenvalue weighted by Crippen LogP contribution is -2.33. The van der Waals surface area contributed by atoms with E-state index in [4.69, 9.17) is 0 Å². The largest absolute Gasteiger partial charge is 0.337 e. The van der Waals surface area contributed by atoms with Gasteiger partial charge in [0.1, 0.15) is 4.21 Å². The minimum atomic E-state index is -1.62. The zero-order valence-electron chi connectivity index (χ0n) is 17.0. The molecule has 5 rings (SSSR count). The number of hydrogen-bond acceptors (Lipinski definition) is 4. The zero-order valence-corrected chi connectivity index (χ0v) is 18.6. The quantitative estimate of drug-likeness (QED) is 0.762. The highest BCUT2D eigenvalue weighted by molar-refractivity contribution is 7.86. The van der Waals surface area contributed by atoms with Crippen LogP contribution in [0.25, 0.3) is 0 Å². The van der Waals surface area contributed by atoms with Crippen LogP contribution in [0.2, 0.25) is 0 Å². The van der Waals surface area contributed by atoms with Crippen molar-refractivity contribution < 1.29 is 13.8 Å². The molecule has 1 unspecified atom stereocenters. The van der Waals surface area contributed by atoms with Gasteiger partial charge < -0.3 is 10.2 Å². The van der Waals surface area contributed by atoms with Crippen molar-refractivity contribution in [3.8, 4) is 0 Å². The maximum Gasteiger partial charge on any atom is 0.331 e. The summed E-state index contributed by atoms with van der Waals surface area (Å²) in [6, 6.07) is 3.82. The van der Waals surface area contributed by atoms with Gasteiger partial charge in [0.2, 0.25) is 5.91 Å². The van der Waals surface area contributed by atoms with Gasteiger partial charge in [-0.1, -0.05) is 6.07 Å². The normalized spacial score (nSPS) is 17.8. The number of carbonyl (C=O) groups excluding carboxylic acids is 2. The third kappa shape index (κ3) is 3.56. The van der Waals surface area contributed by atoms with Gasteiger partial charge in [0.05, 0.1) is 6.54 Å². The number of benzene rings is 1. The Hall–Kier alpha value is -2.19. The molecule has 1 aromatic heterocycles. The molecule has 1 atom stereocenters. The second kappa shape index (κ2) is 7.81. The number of amides is 3. The molecule has 2 N–H and O–H groups in total. The maximum atomic E-state index is 12.8. The third-order valence-corrected chi connectivity index (χ3v) is 8.90. The molecule has 8 heteroatoms. The van der Waals surface area contributed by atoms with Crippen LogP contribution in [-0.2, 0) is 54.4 Å². The minimum absolute atomic E-state index is 0.0529. The first kappa shape index (κ1) is 19.8. The second-order valence-corrected chi connectivity index (χ2v) is 10.8. The highest BCUT2D eigenvalue weighted by atomic mass is 32.2. The van der Waals surface area contributed by atoms with E-state index in [0.29, 0.717) is 17.3 Å². The van der Waals surface area contributed by atoms with E-state index in [1.807, 2.05) is 6.07 Å². The van der Waals surface area contributed by atoms with Crippen molar-refractivity contribution in [1.29, 1.82) is 0 Å². The van der Waals surface area contributed by atoms with E-state index in [9.17, 15) is 13.8 Å². The summed E-state index contributed by atoms with van der Waals surface area (Å²) in [5.41, 5.74) is 7.30. The van der Waals surface area contributed by atoms with Crippen molar-refractivity contribution in [1.82, 2.24) is 9.62 Å². The number of urea groups is 1. The number of hydrogen-bond donors (Lipinski definition) is 2. The summed E-state index contributed by atoms with van der Waals surface area (Å²) in [7, 11) is -1.62. The second-order valence-electron chi connectivity index (χ2n) is 8.26. The minimum Gasteiger partial charge on any atom is -0.337 e. The molecule has 0 fully saturated rings. The van der Waals surface area contributed by atoms with Gasteiger partial charge in [0, 0.05) is 24.0 Å². The molecule has 6 nitrogen and oxygen atoms in total. The van der Waals surface area contributed by atoms with Crippen molar-refractivity contribution >= 4 is 39.9 Å². The van der Waals surface area contributed by atoms with Crippen LogP contribution in [0.1, 0.15) is 52.5 Å². The molecule has 0 spiro atoms. The van der Waals surface area contributed by atoms with E-state index < -0.39 is 17.0 Å². The van der Waals surface area contributed by atoms with Gasteiger partial charge in [-0.05, 0) is 78.8 Å². The summed E-state index contributed by atoms with van der Waals surface area (Å²) in [6.45, 7) is 2.81. The van der Waals surface area contributed by atoms with Crippen LogP contribution in [-0.4, -0.2) is 27.6 Å². The lowest BCUT2D eigenvalue weighted by molar-refractivity contribution is -0.129. The summed E-state index contributed by atoms with van der Waals surface area (Å²) in [4.78, 5) is 27.2. The molecule has 2 aliphatic carbocycles. The fourth-order valence-electron chi connectivity index (χ4n) is 4.89. The number of nitrogens with zero attached hydrogens (tertiary/aromatic N) is 1. The van der Waals surface area contributed by atoms with Gasteiger partial charge >= 0.3 is 6.03 Å². The first-order chi connectivity index (χ1) is 14.5. The van der Waals surface area contributed by atoms with Crippen LogP contribution in [0.15, 0.2) is 16.3 Å². The standard InChI is InChI=1S/C22H25N3O3S2/c1-13(26)25-9-8-16-11-20(29-19(16)12-25)30(28)24-22(27)23-21-17-6-2-4-14(17)10-15-5-3-7-18(15)21/h10-11H,2-9,12H2,1H3,(H2,23,24,27). The van der Waals surface area contributed by atoms with Crippen LogP contribution >= 0.6 is 11.3 Å². The molecule has 0 saturated heterocycles. The van der Waals surface area contributed by atoms with E-state index in [0.717, 1.165) is 61.1 Å². The smallest absolute Gasteiger partial charge is 0.331 e. The van der Waals surface area contributed by atoms with Crippen molar-refractivity contribution in [2.75, 3.05) is 11.9 Å². The molecule has 3 amide bonds. The molecule has 1 aromatic carbocycles. The number of rotatable bonds is 3. The topological polar surface area (TPSA) is 78.5 Å². The van der Waals surface area contributed by atoms with Crippen molar-refractivity contribution in [3.63, 3.8) is 0 Å². The fraction of sp³-hybridized carbons (Fsp3) is 0.455. The first-order valence-corrected chi connectivity index (χ1v) is 12.5. The SMILES string of the molecule is CC(=O)N1CCc2cc(S(=O)NC(=O)Nc3c4c(cc5c3CCC5)CCC4)sc2C1. The number of nitrogens with one attached hydrogen (secondary N) is 2. The molecule has 158 valence electrons. The Morgan fingerprint density at radius 3 is 2.37 bits per heavy atom. The molecule has 3 aliphatic rings. The molecule has 0 saturated carbocycles. The number of thiophene rings is 1. The average molecular weight is 444 g/mol. The molecule has 0 radical (unpaired) electrons. The summed E-state index contributed by atoms with van der Waals surface area (Å²) in [5.74, 6) is 0.0529. The Morgan fingerprint density at radius 2 is 1.70 bits per heavy atom. The molecule has 1 aliphatic heterocycles. The predicted molar refractivity (Wildman–Crippen MR) is 118 cm³/mol. The van der Waals surface area contributed by atoms with Gasteiger partial charge in [-0.15, -0.1) is 11.3 Å². The molecule has 30 heavy (non-hydrogen) atoms. The molecule has 2 heterocycles. The van der Waals surface area contributed by atoms with E-state index in [1.54, 1.807) is 11.8 Å². The summed E-state index contributed by atoms with van der Waals surface area (Å²) < 4.78 is 16.1. The summed E-state index contributed by atoms with van der Waals surface area (Å²) in [5, 5.41) is 3.04. The van der Waals surface area contributed by atoms with E-state index in [2.05, 4.69) is 16.1 Å². The highest BCUT2D eigenvalue weighted by Crippen LogP contribution is 2.38. The lowest BCUT2D eigenvalue weighted by atomic mass is 9.99. The zero-order chi connectivity index (χ0) is 20.8. The van der Waals surface area contributed by atoms with Gasteiger partial charge in [-0.2, -0.15) is 0 Å². The first-order valence-electron chi connectivity index (χ1n) is 10.5. The third-order valence-electron chi connectivity index (χ3n) is 6.38. The summed E-state index contributed by atoms with van der Waals surface area (Å²) in [6.07, 6.45) is 7.14. The van der Waals surface area contributed by atoms with Crippen LogP contribution < -0.4 is 10.0 Å². The van der Waals surface area contributed by atoms with Crippen LogP contribution in [0.3, 0.4) is 0 Å². The average Bonchev–Trinajstić information content (AvgIpc) is 3.45. The maximum absolute atomic E-state index is 12.8. The van der Waals surface area contributed by atoms with Crippen molar-refractivity contribution in [2.45, 2.75) is 62.6 Å². The van der Waals surface area contributed by atoms with Crippen LogP contribution in [0, 0.1) is 0 Å². The molecular weight excluding hydrogens is 418 g/mol. The van der Waals surface area contributed by atoms with Gasteiger partial charge in [0.15, 0.2) is 11.0 Å². The van der Waals surface area contributed by atoms with E-state index in [1.165, 1.54) is 33.6 Å². The van der Waals surface area contributed by atoms with Crippen molar-refractivity contribution in [2.24, 2.45) is 0 Å². The number of fused-ring (bicyclic) bond motifs is 3. The van der Waals surface area contributed by atoms with Gasteiger partial charge in [-0.3, -0.25) is 9.52 Å². The number of carbonyl (C=O) groups is 2. The predicted octanol–water partition coefficient (Wildman–Crippen LogP) is 3.47. The van der Waals surface area contributed by atoms with Crippen molar-refractivity contribution in [3.05, 3.63) is 44.8 Å². The van der Waals surface area contributed by atoms with Crippen LogP contribution in [0.4, 0.5) is 10.5 Å². The Morgan fingerprint density at radius 1 is 1.00 bits per heavy atom. The summed E-state index contributed by atoms with van der Waals surface area (Å²) >= 11 is 1.42. The molecule has 2 aromatic rings. The lowest BCUT2D eigenvalue weighted by Gasteiger charge is -2.25. The Bertz CT molecular complexity index is 1040. The van der Waals surface area contributed by atoms with Crippen LogP contribution in [0.5, 0.6) is 0 Å². The Labute approximate surface area is 182 Å². The monoisotopic (exact) mass is 443 g/mol. The van der Waals surface area contributed by atoms with E-state index >= 15 is 0 Å². The molecule has 0 bridgehead atoms. The number of aryl methyl sites for hydroxylation is 2. The molecular formula is C22H25N3O3S2. The highest BCUT2D eigenvalue weighted by Gasteiger charge is 2.26. The van der Waals surface area contributed by atoms with Gasteiger partial charge in [0.25, 0.3) is 0 Å². The Kier molecular flexibility index (Phi) is 5.14. The van der Waals surface area contributed by atoms with E-state index in [-0.39, 0.29) is 5.91 Å². The number of anilines is 1.